The quantitative estimate of drug-likeness (QED) is 0.376. The van der Waals surface area contributed by atoms with Crippen LogP contribution >= 0.6 is 0 Å². The van der Waals surface area contributed by atoms with Gasteiger partial charge in [-0.05, 0) is 17.4 Å². The van der Waals surface area contributed by atoms with Gasteiger partial charge in [0.2, 0.25) is 0 Å². The summed E-state index contributed by atoms with van der Waals surface area (Å²) in [6, 6.07) is 5.72. The lowest BCUT2D eigenvalue weighted by Crippen LogP contribution is -2.70. The normalized spacial score (nSPS) is 22.8. The fraction of sp³-hybridized carbons (Fsp3) is 0.700. The molecule has 206 valence electrons. The van der Waals surface area contributed by atoms with Crippen molar-refractivity contribution in [3.8, 4) is 0 Å². The van der Waals surface area contributed by atoms with Gasteiger partial charge in [0.25, 0.3) is 20.0 Å². The Morgan fingerprint density at radius 1 is 0.806 bits per heavy atom. The Hall–Kier alpha value is -0.888. The average molecular weight is 582 g/mol. The fourth-order valence-electron chi connectivity index (χ4n) is 4.41. The number of hydrogen-bond acceptors (Lipinski definition) is 5. The highest BCUT2D eigenvalue weighted by Gasteiger charge is 2.63. The second-order valence-corrected chi connectivity index (χ2v) is 16.3. The highest BCUT2D eigenvalue weighted by molar-refractivity contribution is 7.93. The van der Waals surface area contributed by atoms with Gasteiger partial charge in [-0.25, -0.2) is 16.8 Å². The number of alkyl halides is 6. The molecule has 0 spiro atoms. The molecular formula is C20H30AlF6N3O4S2. The van der Waals surface area contributed by atoms with Gasteiger partial charge in [0.05, 0.1) is 0 Å². The van der Waals surface area contributed by atoms with Crippen molar-refractivity contribution in [2.24, 2.45) is 11.8 Å². The van der Waals surface area contributed by atoms with Gasteiger partial charge in [-0.2, -0.15) is 26.3 Å². The number of nitrogens with zero attached hydrogens (tertiary/aromatic N) is 3. The molecule has 1 fully saturated rings. The van der Waals surface area contributed by atoms with Crippen LogP contribution in [0.4, 0.5) is 26.3 Å². The van der Waals surface area contributed by atoms with Crippen molar-refractivity contribution < 1.29 is 43.2 Å². The van der Waals surface area contributed by atoms with Crippen molar-refractivity contribution in [1.82, 2.24) is 11.5 Å². The summed E-state index contributed by atoms with van der Waals surface area (Å²) in [5.41, 5.74) is -11.0. The Morgan fingerprint density at radius 3 is 1.47 bits per heavy atom. The molecule has 1 saturated heterocycles. The Morgan fingerprint density at radius 2 is 1.17 bits per heavy atom. The van der Waals surface area contributed by atoms with E-state index in [0.717, 1.165) is 5.79 Å². The molecule has 36 heavy (non-hydrogen) atoms. The molecule has 0 radical (unpaired) electrons. The van der Waals surface area contributed by atoms with Crippen LogP contribution in [0.25, 0.3) is 0 Å². The molecule has 1 aromatic rings. The van der Waals surface area contributed by atoms with Crippen LogP contribution in [-0.4, -0.2) is 79.1 Å². The van der Waals surface area contributed by atoms with E-state index in [1.807, 2.05) is 0 Å². The van der Waals surface area contributed by atoms with Gasteiger partial charge in [-0.1, -0.05) is 63.8 Å². The van der Waals surface area contributed by atoms with Crippen LogP contribution in [0.3, 0.4) is 0 Å². The second-order valence-electron chi connectivity index (χ2n) is 9.50. The molecule has 0 unspecified atom stereocenters. The summed E-state index contributed by atoms with van der Waals surface area (Å²) < 4.78 is 134. The predicted molar refractivity (Wildman–Crippen MR) is 124 cm³/mol. The van der Waals surface area contributed by atoms with Gasteiger partial charge >= 0.3 is 25.6 Å². The molecule has 0 N–H and O–H groups in total. The molecule has 0 aliphatic carbocycles. The van der Waals surface area contributed by atoms with Crippen molar-refractivity contribution in [1.29, 1.82) is 0 Å². The highest BCUT2D eigenvalue weighted by Crippen LogP contribution is 2.38. The number of rotatable bonds is 6. The van der Waals surface area contributed by atoms with Crippen LogP contribution in [-0.2, 0) is 26.6 Å². The molecule has 1 aromatic carbocycles. The number of sulfonamides is 2. The van der Waals surface area contributed by atoms with Crippen molar-refractivity contribution >= 4 is 34.6 Å². The maximum Gasteiger partial charge on any atom is 0.516 e. The van der Waals surface area contributed by atoms with Crippen LogP contribution in [0.5, 0.6) is 0 Å². The van der Waals surface area contributed by atoms with E-state index in [2.05, 4.69) is 0 Å². The Balaban J connectivity index is 2.84. The lowest BCUT2D eigenvalue weighted by molar-refractivity contribution is -0.0508. The zero-order valence-electron chi connectivity index (χ0n) is 20.5. The van der Waals surface area contributed by atoms with E-state index >= 15 is 0 Å². The summed E-state index contributed by atoms with van der Waals surface area (Å²) in [7, 11) is -12.3. The van der Waals surface area contributed by atoms with Gasteiger partial charge in [0.1, 0.15) is 0 Å². The van der Waals surface area contributed by atoms with Gasteiger partial charge in [0.15, 0.2) is 0 Å². The maximum atomic E-state index is 13.8. The summed E-state index contributed by atoms with van der Waals surface area (Å²) in [5, 5.41) is 0. The first-order chi connectivity index (χ1) is 16.2. The van der Waals surface area contributed by atoms with Gasteiger partial charge in [0, 0.05) is 31.7 Å². The summed E-state index contributed by atoms with van der Waals surface area (Å²) in [6.07, 6.45) is 0. The SMILES string of the molecule is CC(C)[C@@H]1CN(Cc2ccccc2)C[C@@H](C(C)C)[N](S(=O)(=O)C(F)(F)F)[Al]([CH3])[N]1S(=O)(=O)C(F)(F)F. The van der Waals surface area contributed by atoms with E-state index in [0.29, 0.717) is 5.56 Å². The molecule has 0 saturated carbocycles. The number of halogens is 6. The lowest BCUT2D eigenvalue weighted by atomic mass is 10.0. The minimum atomic E-state index is -6.17. The van der Waals surface area contributed by atoms with E-state index in [4.69, 9.17) is 0 Å². The summed E-state index contributed by atoms with van der Waals surface area (Å²) in [5.74, 6) is -0.632. The summed E-state index contributed by atoms with van der Waals surface area (Å²) >= 11 is -4.16. The Bertz CT molecular complexity index is 1030. The van der Waals surface area contributed by atoms with E-state index < -0.39 is 69.6 Å². The smallest absolute Gasteiger partial charge is 0.296 e. The van der Waals surface area contributed by atoms with Crippen molar-refractivity contribution in [2.75, 3.05) is 13.1 Å². The molecule has 2 rings (SSSR count). The van der Waals surface area contributed by atoms with Crippen LogP contribution in [0.2, 0.25) is 5.79 Å². The van der Waals surface area contributed by atoms with Gasteiger partial charge in [-0.3, -0.25) is 11.5 Å². The Labute approximate surface area is 213 Å². The number of hydrogen-bond donors (Lipinski definition) is 0. The van der Waals surface area contributed by atoms with Crippen LogP contribution < -0.4 is 0 Å². The topological polar surface area (TPSA) is 78.0 Å². The van der Waals surface area contributed by atoms with E-state index in [9.17, 15) is 43.2 Å². The third-order valence-corrected chi connectivity index (χ3v) is 14.8. The molecule has 7 nitrogen and oxygen atoms in total. The Kier molecular flexibility index (Phi) is 9.64. The van der Waals surface area contributed by atoms with Crippen LogP contribution in [0.15, 0.2) is 30.3 Å². The molecule has 16 heteroatoms. The average Bonchev–Trinajstić information content (AvgIpc) is 2.69. The first-order valence-electron chi connectivity index (χ1n) is 11.2. The van der Waals surface area contributed by atoms with Crippen molar-refractivity contribution in [3.05, 3.63) is 35.9 Å². The third kappa shape index (κ3) is 6.39. The van der Waals surface area contributed by atoms with Crippen molar-refractivity contribution in [3.63, 3.8) is 0 Å². The summed E-state index contributed by atoms with van der Waals surface area (Å²) in [4.78, 5) is 1.53. The minimum absolute atomic E-state index is 0.0352. The summed E-state index contributed by atoms with van der Waals surface area (Å²) in [6.45, 7) is 5.45. The molecule has 1 aliphatic heterocycles. The molecule has 1 heterocycles. The van der Waals surface area contributed by atoms with Gasteiger partial charge in [-0.15, -0.1) is 0 Å². The largest absolute Gasteiger partial charge is 0.516 e. The zero-order chi connectivity index (χ0) is 27.9. The monoisotopic (exact) mass is 581 g/mol. The van der Waals surface area contributed by atoms with E-state index in [-0.39, 0.29) is 26.2 Å². The number of benzene rings is 1. The first kappa shape index (κ1) is 31.3. The standard InChI is InChI=1S/C19H27F6N3O4S2.CH3.Al/c1-13(2)16(26-33(29,30)18(20,21)22)11-28(10-15-8-6-5-7-9-15)12-17(14(3)4)27-34(31,32)19(23,24)25;;/h5-9,13-14,16-17H,10-12H2,1-4H3;1H3;/q-2;;+2/t16-,17-;;/m0../s1. The highest BCUT2D eigenvalue weighted by atomic mass is 32.2. The lowest BCUT2D eigenvalue weighted by Gasteiger charge is -2.48. The molecule has 0 bridgehead atoms. The van der Waals surface area contributed by atoms with Gasteiger partial charge < -0.3 is 0 Å². The molecule has 0 aromatic heterocycles. The fourth-order valence-corrected chi connectivity index (χ4v) is 13.1. The molecule has 2 atom stereocenters. The first-order valence-corrected chi connectivity index (χ1v) is 16.3. The van der Waals surface area contributed by atoms with E-state index in [1.54, 1.807) is 30.3 Å². The van der Waals surface area contributed by atoms with Crippen LogP contribution in [0.1, 0.15) is 33.3 Å². The third-order valence-electron chi connectivity index (χ3n) is 6.21. The maximum absolute atomic E-state index is 13.8. The second kappa shape index (κ2) is 11.1. The molecular weight excluding hydrogens is 551 g/mol. The molecule has 1 aliphatic rings. The minimum Gasteiger partial charge on any atom is -0.296 e. The van der Waals surface area contributed by atoms with E-state index in [1.165, 1.54) is 32.6 Å². The predicted octanol–water partition coefficient (Wildman–Crippen LogP) is 3.97. The van der Waals surface area contributed by atoms with Crippen LogP contribution in [0, 0.1) is 11.8 Å². The molecule has 0 amide bonds. The van der Waals surface area contributed by atoms with Crippen molar-refractivity contribution in [2.45, 2.75) is 63.1 Å². The zero-order valence-corrected chi connectivity index (χ0v) is 23.2.